The van der Waals surface area contributed by atoms with E-state index in [1.165, 1.54) is 13.2 Å². The Hall–Kier alpha value is -1.03. The lowest BCUT2D eigenvalue weighted by Crippen LogP contribution is -2.02. The van der Waals surface area contributed by atoms with E-state index in [1.807, 2.05) is 6.92 Å². The molecule has 1 rings (SSSR count). The van der Waals surface area contributed by atoms with Crippen LogP contribution in [0.3, 0.4) is 0 Å². The topological polar surface area (TPSA) is 46.5 Å². The van der Waals surface area contributed by atoms with E-state index in [-0.39, 0.29) is 11.3 Å². The number of halogens is 1. The van der Waals surface area contributed by atoms with Crippen molar-refractivity contribution in [1.82, 2.24) is 0 Å². The Kier molecular flexibility index (Phi) is 2.93. The van der Waals surface area contributed by atoms with Crippen LogP contribution in [0, 0.1) is 6.92 Å². The molecular weight excluding hydrogens is 236 g/mol. The molecule has 0 bridgehead atoms. The number of aromatic hydroxyl groups is 1. The predicted octanol–water partition coefficient (Wildman–Crippen LogP) is 2.25. The lowest BCUT2D eigenvalue weighted by molar-refractivity contribution is 0.0597. The maximum absolute atomic E-state index is 11.1. The Labute approximate surface area is 84.5 Å². The fourth-order valence-corrected chi connectivity index (χ4v) is 1.28. The third-order valence-electron chi connectivity index (χ3n) is 1.68. The number of carbonyl (C=O) groups is 1. The lowest BCUT2D eigenvalue weighted by atomic mass is 10.1. The van der Waals surface area contributed by atoms with E-state index in [2.05, 4.69) is 20.7 Å². The predicted molar refractivity (Wildman–Crippen MR) is 51.9 cm³/mol. The van der Waals surface area contributed by atoms with E-state index in [4.69, 9.17) is 0 Å². The van der Waals surface area contributed by atoms with Crippen LogP contribution in [0.1, 0.15) is 15.9 Å². The molecule has 3 nitrogen and oxygen atoms in total. The van der Waals surface area contributed by atoms with Gasteiger partial charge in [0.25, 0.3) is 0 Å². The highest BCUT2D eigenvalue weighted by atomic mass is 79.9. The molecule has 1 aromatic carbocycles. The molecule has 0 saturated heterocycles. The maximum atomic E-state index is 11.1. The van der Waals surface area contributed by atoms with E-state index in [1.54, 1.807) is 6.07 Å². The van der Waals surface area contributed by atoms with Crippen molar-refractivity contribution in [3.63, 3.8) is 0 Å². The first-order valence-electron chi connectivity index (χ1n) is 3.63. The molecule has 0 radical (unpaired) electrons. The number of ether oxygens (including phenoxy) is 1. The lowest BCUT2D eigenvalue weighted by Gasteiger charge is -2.05. The number of methoxy groups -OCH3 is 1. The summed E-state index contributed by atoms with van der Waals surface area (Å²) >= 11 is 3.24. The van der Waals surface area contributed by atoms with Crippen molar-refractivity contribution in [2.45, 2.75) is 6.92 Å². The van der Waals surface area contributed by atoms with Gasteiger partial charge in [-0.3, -0.25) is 0 Å². The molecule has 0 spiro atoms. The first kappa shape index (κ1) is 10.1. The molecule has 0 aromatic heterocycles. The molecule has 0 aliphatic rings. The molecule has 70 valence electrons. The standard InChI is InChI=1S/C9H9BrO3/c1-5-3-6(9(12)13-2)8(11)4-7(5)10/h3-4,11H,1-2H3. The minimum Gasteiger partial charge on any atom is -0.507 e. The number of phenolic OH excluding ortho intramolecular Hbond substituents is 1. The summed E-state index contributed by atoms with van der Waals surface area (Å²) in [4.78, 5) is 11.1. The molecule has 0 fully saturated rings. The average molecular weight is 245 g/mol. The molecule has 0 amide bonds. The first-order chi connectivity index (χ1) is 6.06. The molecule has 0 saturated carbocycles. The number of aryl methyl sites for hydroxylation is 1. The van der Waals surface area contributed by atoms with Gasteiger partial charge < -0.3 is 9.84 Å². The van der Waals surface area contributed by atoms with Gasteiger partial charge in [-0.05, 0) is 24.6 Å². The van der Waals surface area contributed by atoms with Crippen LogP contribution in [0.15, 0.2) is 16.6 Å². The van der Waals surface area contributed by atoms with Gasteiger partial charge in [-0.15, -0.1) is 0 Å². The molecule has 0 heterocycles. The number of rotatable bonds is 1. The van der Waals surface area contributed by atoms with Crippen LogP contribution < -0.4 is 0 Å². The molecule has 0 atom stereocenters. The zero-order valence-corrected chi connectivity index (χ0v) is 8.88. The summed E-state index contributed by atoms with van der Waals surface area (Å²) in [6.07, 6.45) is 0. The van der Waals surface area contributed by atoms with E-state index in [0.29, 0.717) is 0 Å². The van der Waals surface area contributed by atoms with Crippen LogP contribution in [0.4, 0.5) is 0 Å². The van der Waals surface area contributed by atoms with Crippen LogP contribution in [-0.4, -0.2) is 18.2 Å². The Morgan fingerprint density at radius 2 is 2.15 bits per heavy atom. The normalized spacial score (nSPS) is 9.77. The van der Waals surface area contributed by atoms with Crippen LogP contribution in [-0.2, 0) is 4.74 Å². The zero-order valence-electron chi connectivity index (χ0n) is 7.30. The molecule has 0 unspecified atom stereocenters. The van der Waals surface area contributed by atoms with Gasteiger partial charge in [-0.25, -0.2) is 4.79 Å². The minimum absolute atomic E-state index is 0.0793. The molecule has 1 N–H and O–H groups in total. The Bertz CT molecular complexity index is 347. The molecule has 0 aliphatic heterocycles. The summed E-state index contributed by atoms with van der Waals surface area (Å²) < 4.78 is 5.26. The third-order valence-corrected chi connectivity index (χ3v) is 2.54. The highest BCUT2D eigenvalue weighted by Crippen LogP contribution is 2.26. The maximum Gasteiger partial charge on any atom is 0.341 e. The number of benzene rings is 1. The zero-order chi connectivity index (χ0) is 10.0. The number of hydrogen-bond donors (Lipinski definition) is 1. The number of esters is 1. The van der Waals surface area contributed by atoms with Crippen molar-refractivity contribution in [3.8, 4) is 5.75 Å². The van der Waals surface area contributed by atoms with Crippen molar-refractivity contribution >= 4 is 21.9 Å². The van der Waals surface area contributed by atoms with Gasteiger partial charge in [0.2, 0.25) is 0 Å². The summed E-state index contributed by atoms with van der Waals surface area (Å²) in [7, 11) is 1.28. The van der Waals surface area contributed by atoms with Crippen molar-refractivity contribution in [2.24, 2.45) is 0 Å². The van der Waals surface area contributed by atoms with Crippen LogP contribution in [0.2, 0.25) is 0 Å². The second-order valence-electron chi connectivity index (χ2n) is 2.61. The van der Waals surface area contributed by atoms with Crippen molar-refractivity contribution in [1.29, 1.82) is 0 Å². The number of hydrogen-bond acceptors (Lipinski definition) is 3. The summed E-state index contributed by atoms with van der Waals surface area (Å²) in [6.45, 7) is 1.83. The van der Waals surface area contributed by atoms with Crippen LogP contribution in [0.5, 0.6) is 5.75 Å². The van der Waals surface area contributed by atoms with Crippen LogP contribution >= 0.6 is 15.9 Å². The average Bonchev–Trinajstić information content (AvgIpc) is 2.10. The van der Waals surface area contributed by atoms with E-state index >= 15 is 0 Å². The van der Waals surface area contributed by atoms with Gasteiger partial charge in [0.1, 0.15) is 11.3 Å². The van der Waals surface area contributed by atoms with Gasteiger partial charge in [0, 0.05) is 4.47 Å². The van der Waals surface area contributed by atoms with Gasteiger partial charge in [-0.2, -0.15) is 0 Å². The van der Waals surface area contributed by atoms with Crippen molar-refractivity contribution in [2.75, 3.05) is 7.11 Å². The van der Waals surface area contributed by atoms with E-state index in [9.17, 15) is 9.90 Å². The fourth-order valence-electron chi connectivity index (χ4n) is 0.944. The van der Waals surface area contributed by atoms with Gasteiger partial charge in [0.05, 0.1) is 7.11 Å². The second kappa shape index (κ2) is 3.79. The number of phenols is 1. The number of carbonyl (C=O) groups excluding carboxylic acids is 1. The van der Waals surface area contributed by atoms with Gasteiger partial charge >= 0.3 is 5.97 Å². The van der Waals surface area contributed by atoms with Crippen LogP contribution in [0.25, 0.3) is 0 Å². The Morgan fingerprint density at radius 3 is 2.69 bits per heavy atom. The van der Waals surface area contributed by atoms with E-state index in [0.717, 1.165) is 10.0 Å². The van der Waals surface area contributed by atoms with Crippen molar-refractivity contribution < 1.29 is 14.6 Å². The minimum atomic E-state index is -0.534. The Morgan fingerprint density at radius 1 is 1.54 bits per heavy atom. The van der Waals surface area contributed by atoms with Gasteiger partial charge in [-0.1, -0.05) is 15.9 Å². The van der Waals surface area contributed by atoms with Crippen molar-refractivity contribution in [3.05, 3.63) is 27.7 Å². The highest BCUT2D eigenvalue weighted by Gasteiger charge is 2.12. The quantitative estimate of drug-likeness (QED) is 0.772. The second-order valence-corrected chi connectivity index (χ2v) is 3.46. The molecule has 1 aromatic rings. The van der Waals surface area contributed by atoms with Gasteiger partial charge in [0.15, 0.2) is 0 Å². The molecule has 4 heteroatoms. The molecular formula is C9H9BrO3. The monoisotopic (exact) mass is 244 g/mol. The summed E-state index contributed by atoms with van der Waals surface area (Å²) in [5.41, 5.74) is 1.06. The first-order valence-corrected chi connectivity index (χ1v) is 4.43. The molecule has 0 aliphatic carbocycles. The summed E-state index contributed by atoms with van der Waals surface area (Å²) in [5, 5.41) is 9.39. The largest absolute Gasteiger partial charge is 0.507 e. The summed E-state index contributed by atoms with van der Waals surface area (Å²) in [6, 6.07) is 3.05. The van der Waals surface area contributed by atoms with E-state index < -0.39 is 5.97 Å². The summed E-state index contributed by atoms with van der Waals surface area (Å²) in [5.74, 6) is -0.613. The third kappa shape index (κ3) is 2.01. The Balaban J connectivity index is 3.23. The fraction of sp³-hybridized carbons (Fsp3) is 0.222. The molecule has 13 heavy (non-hydrogen) atoms. The highest BCUT2D eigenvalue weighted by molar-refractivity contribution is 9.10. The smallest absolute Gasteiger partial charge is 0.341 e. The SMILES string of the molecule is COC(=O)c1cc(C)c(Br)cc1O.